The molecule has 0 amide bonds. The Bertz CT molecular complexity index is 646. The van der Waals surface area contributed by atoms with Crippen molar-refractivity contribution < 1.29 is 4.74 Å². The van der Waals surface area contributed by atoms with Crippen molar-refractivity contribution >= 4 is 5.82 Å². The molecule has 3 rings (SSSR count). The number of nitrogens with zero attached hydrogens (tertiary/aromatic N) is 2. The summed E-state index contributed by atoms with van der Waals surface area (Å²) in [5.41, 5.74) is 8.00. The third kappa shape index (κ3) is 2.22. The lowest BCUT2D eigenvalue weighted by Crippen LogP contribution is -2.18. The van der Waals surface area contributed by atoms with Gasteiger partial charge in [-0.25, -0.2) is 9.97 Å². The molecule has 2 N–H and O–H groups in total. The van der Waals surface area contributed by atoms with Gasteiger partial charge in [-0.1, -0.05) is 39.0 Å². The molecule has 1 unspecified atom stereocenters. The predicted molar refractivity (Wildman–Crippen MR) is 78.9 cm³/mol. The zero-order chi connectivity index (χ0) is 14.3. The number of nitrogen functional groups attached to an aromatic ring is 1. The molecule has 1 aromatic heterocycles. The van der Waals surface area contributed by atoms with Gasteiger partial charge in [-0.15, -0.1) is 0 Å². The fourth-order valence-corrected chi connectivity index (χ4v) is 2.40. The minimum atomic E-state index is -0.0508. The van der Waals surface area contributed by atoms with E-state index in [4.69, 9.17) is 15.5 Å². The zero-order valence-corrected chi connectivity index (χ0v) is 12.1. The summed E-state index contributed by atoms with van der Waals surface area (Å²) in [5, 5.41) is 0. The Hall–Kier alpha value is -2.10. The Morgan fingerprint density at radius 1 is 1.20 bits per heavy atom. The van der Waals surface area contributed by atoms with E-state index in [0.717, 1.165) is 22.8 Å². The molecule has 20 heavy (non-hydrogen) atoms. The fraction of sp³-hybridized carbons (Fsp3) is 0.375. The molecule has 0 saturated heterocycles. The molecule has 4 nitrogen and oxygen atoms in total. The molecule has 0 saturated carbocycles. The van der Waals surface area contributed by atoms with Crippen LogP contribution in [-0.4, -0.2) is 16.6 Å². The van der Waals surface area contributed by atoms with E-state index in [9.17, 15) is 0 Å². The second kappa shape index (κ2) is 4.47. The van der Waals surface area contributed by atoms with Crippen molar-refractivity contribution in [2.45, 2.75) is 32.1 Å². The van der Waals surface area contributed by atoms with Gasteiger partial charge in [0.25, 0.3) is 0 Å². The molecule has 2 aromatic rings. The van der Waals surface area contributed by atoms with Crippen LogP contribution in [0.3, 0.4) is 0 Å². The third-order valence-electron chi connectivity index (χ3n) is 3.54. The normalized spacial score (nSPS) is 17.6. The van der Waals surface area contributed by atoms with Gasteiger partial charge in [0.1, 0.15) is 24.0 Å². The van der Waals surface area contributed by atoms with Crippen LogP contribution in [0.4, 0.5) is 5.82 Å². The quantitative estimate of drug-likeness (QED) is 0.864. The van der Waals surface area contributed by atoms with Crippen LogP contribution in [0.1, 0.15) is 43.8 Å². The van der Waals surface area contributed by atoms with Gasteiger partial charge in [0.05, 0.1) is 11.6 Å². The van der Waals surface area contributed by atoms with E-state index in [0.29, 0.717) is 12.4 Å². The average Bonchev–Trinajstić information content (AvgIpc) is 2.80. The number of nitrogens with two attached hydrogens (primary N) is 1. The Morgan fingerprint density at radius 2 is 1.95 bits per heavy atom. The van der Waals surface area contributed by atoms with Crippen LogP contribution in [0, 0.1) is 0 Å². The predicted octanol–water partition coefficient (Wildman–Crippen LogP) is 2.88. The summed E-state index contributed by atoms with van der Waals surface area (Å²) in [4.78, 5) is 9.13. The summed E-state index contributed by atoms with van der Waals surface area (Å²) in [6, 6.07) is 9.88. The Labute approximate surface area is 119 Å². The Morgan fingerprint density at radius 3 is 2.70 bits per heavy atom. The highest BCUT2D eigenvalue weighted by Gasteiger charge is 2.29. The topological polar surface area (TPSA) is 61.0 Å². The monoisotopic (exact) mass is 269 g/mol. The number of anilines is 1. The van der Waals surface area contributed by atoms with Crippen molar-refractivity contribution in [1.29, 1.82) is 0 Å². The summed E-state index contributed by atoms with van der Waals surface area (Å²) in [6.45, 7) is 6.94. The molecule has 1 aliphatic rings. The first-order valence-corrected chi connectivity index (χ1v) is 6.82. The molecular formula is C16H19N3O. The Kier molecular flexibility index (Phi) is 2.89. The van der Waals surface area contributed by atoms with Crippen LogP contribution < -0.4 is 10.5 Å². The van der Waals surface area contributed by atoms with Crippen LogP contribution in [-0.2, 0) is 5.41 Å². The van der Waals surface area contributed by atoms with E-state index in [-0.39, 0.29) is 11.3 Å². The van der Waals surface area contributed by atoms with Gasteiger partial charge in [-0.3, -0.25) is 0 Å². The third-order valence-corrected chi connectivity index (χ3v) is 3.54. The van der Waals surface area contributed by atoms with E-state index < -0.39 is 0 Å². The van der Waals surface area contributed by atoms with Gasteiger partial charge in [-0.05, 0) is 6.07 Å². The van der Waals surface area contributed by atoms with Crippen LogP contribution in [0.25, 0.3) is 0 Å². The number of hydrogen-bond donors (Lipinski definition) is 1. The molecular weight excluding hydrogens is 250 g/mol. The van der Waals surface area contributed by atoms with E-state index >= 15 is 0 Å². The average molecular weight is 269 g/mol. The zero-order valence-electron chi connectivity index (χ0n) is 12.1. The minimum Gasteiger partial charge on any atom is -0.492 e. The van der Waals surface area contributed by atoms with Crippen molar-refractivity contribution in [3.05, 3.63) is 47.4 Å². The number of para-hydroxylation sites is 1. The maximum atomic E-state index is 5.95. The van der Waals surface area contributed by atoms with Crippen LogP contribution >= 0.6 is 0 Å². The number of aromatic nitrogens is 2. The fourth-order valence-electron chi connectivity index (χ4n) is 2.40. The first-order chi connectivity index (χ1) is 9.45. The molecule has 0 fully saturated rings. The summed E-state index contributed by atoms with van der Waals surface area (Å²) in [5.74, 6) is 2.25. The van der Waals surface area contributed by atoms with Crippen molar-refractivity contribution in [3.63, 3.8) is 0 Å². The minimum absolute atomic E-state index is 0.0508. The summed E-state index contributed by atoms with van der Waals surface area (Å²) < 4.78 is 5.71. The molecule has 0 bridgehead atoms. The molecule has 104 valence electrons. The molecule has 2 heterocycles. The first-order valence-electron chi connectivity index (χ1n) is 6.82. The number of fused-ring (bicyclic) bond motifs is 1. The van der Waals surface area contributed by atoms with Crippen LogP contribution in [0.5, 0.6) is 5.75 Å². The lowest BCUT2D eigenvalue weighted by Gasteiger charge is -2.20. The Balaban J connectivity index is 2.06. The van der Waals surface area contributed by atoms with Gasteiger partial charge in [-0.2, -0.15) is 0 Å². The van der Waals surface area contributed by atoms with Gasteiger partial charge in [0.2, 0.25) is 0 Å². The van der Waals surface area contributed by atoms with Gasteiger partial charge in [0.15, 0.2) is 0 Å². The molecule has 1 atom stereocenters. The number of rotatable bonds is 1. The standard InChI is InChI=1S/C16H19N3O/c1-16(2,3)13-8-14(17)19-15(18-13)11-9-20-12-7-5-4-6-10(11)12/h4-8,11H,9H2,1-3H3,(H2,17,18,19). The molecule has 0 spiro atoms. The maximum Gasteiger partial charge on any atom is 0.142 e. The second-order valence-corrected chi connectivity index (χ2v) is 6.19. The largest absolute Gasteiger partial charge is 0.492 e. The maximum absolute atomic E-state index is 5.95. The van der Waals surface area contributed by atoms with Crippen molar-refractivity contribution in [2.75, 3.05) is 12.3 Å². The van der Waals surface area contributed by atoms with E-state index in [1.165, 1.54) is 0 Å². The molecule has 0 radical (unpaired) electrons. The van der Waals surface area contributed by atoms with Crippen LogP contribution in [0.2, 0.25) is 0 Å². The summed E-state index contributed by atoms with van der Waals surface area (Å²) in [6.07, 6.45) is 0. The molecule has 1 aromatic carbocycles. The molecule has 1 aliphatic heterocycles. The molecule has 4 heteroatoms. The highest BCUT2D eigenvalue weighted by atomic mass is 16.5. The smallest absolute Gasteiger partial charge is 0.142 e. The van der Waals surface area contributed by atoms with Gasteiger partial charge >= 0.3 is 0 Å². The second-order valence-electron chi connectivity index (χ2n) is 6.19. The summed E-state index contributed by atoms with van der Waals surface area (Å²) >= 11 is 0. The lowest BCUT2D eigenvalue weighted by atomic mass is 9.91. The highest BCUT2D eigenvalue weighted by molar-refractivity contribution is 5.44. The van der Waals surface area contributed by atoms with Crippen LogP contribution in [0.15, 0.2) is 30.3 Å². The van der Waals surface area contributed by atoms with Crippen molar-refractivity contribution in [3.8, 4) is 5.75 Å². The van der Waals surface area contributed by atoms with Gasteiger partial charge < -0.3 is 10.5 Å². The first kappa shape index (κ1) is 12.9. The van der Waals surface area contributed by atoms with Gasteiger partial charge in [0, 0.05) is 17.0 Å². The highest BCUT2D eigenvalue weighted by Crippen LogP contribution is 2.37. The number of ether oxygens (including phenoxy) is 1. The van der Waals surface area contributed by atoms with Crippen molar-refractivity contribution in [2.24, 2.45) is 0 Å². The van der Waals surface area contributed by atoms with Crippen molar-refractivity contribution in [1.82, 2.24) is 9.97 Å². The SMILES string of the molecule is CC(C)(C)c1cc(N)nc(C2COc3ccccc32)n1. The summed E-state index contributed by atoms with van der Waals surface area (Å²) in [7, 11) is 0. The van der Waals surface area contributed by atoms with E-state index in [1.54, 1.807) is 0 Å². The van der Waals surface area contributed by atoms with E-state index in [1.807, 2.05) is 24.3 Å². The molecule has 0 aliphatic carbocycles. The lowest BCUT2D eigenvalue weighted by molar-refractivity contribution is 0.339. The van der Waals surface area contributed by atoms with E-state index in [2.05, 4.69) is 31.8 Å². The number of hydrogen-bond acceptors (Lipinski definition) is 4. The number of benzene rings is 1.